The van der Waals surface area contributed by atoms with E-state index in [1.54, 1.807) is 6.07 Å². The average molecular weight is 472 g/mol. The highest BCUT2D eigenvalue weighted by Gasteiger charge is 2.35. The first-order valence-corrected chi connectivity index (χ1v) is 12.6. The summed E-state index contributed by atoms with van der Waals surface area (Å²) in [5, 5.41) is 8.90. The number of hydrogen-bond acceptors (Lipinski definition) is 5. The van der Waals surface area contributed by atoms with Crippen LogP contribution in [0.1, 0.15) is 83.3 Å². The molecule has 1 heterocycles. The molecular formula is C24H36F3N3OS. The first kappa shape index (κ1) is 26.7. The molecule has 1 unspecified atom stereocenters. The van der Waals surface area contributed by atoms with E-state index in [0.717, 1.165) is 50.3 Å². The largest absolute Gasteiger partial charge is 0.493 e. The molecule has 0 fully saturated rings. The Bertz CT molecular complexity index is 780. The number of nitrogens with two attached hydrogens (primary N) is 1. The van der Waals surface area contributed by atoms with E-state index >= 15 is 0 Å². The lowest BCUT2D eigenvalue weighted by Crippen LogP contribution is -2.39. The van der Waals surface area contributed by atoms with Crippen molar-refractivity contribution in [1.82, 2.24) is 0 Å². The summed E-state index contributed by atoms with van der Waals surface area (Å²) < 4.78 is 46.5. The van der Waals surface area contributed by atoms with Gasteiger partial charge in [0, 0.05) is 17.4 Å². The number of thioether (sulfide) groups is 1. The predicted octanol–water partition coefficient (Wildman–Crippen LogP) is 7.06. The van der Waals surface area contributed by atoms with Crippen molar-refractivity contribution in [3.8, 4) is 5.75 Å². The summed E-state index contributed by atoms with van der Waals surface area (Å²) in [7, 11) is 0. The number of ether oxygens (including phenoxy) is 1. The number of alkyl halides is 3. The molecule has 8 heteroatoms. The standard InChI is InChI=1S/C24H36F3N3OS/c1-4-6-7-8-9-10-14-31-21-13-12-18(15-19(21)24(25,26)27)23-30-29-20(16-32-23)22(28)17(3)11-5-2/h12-13,15,17,22H,4-11,14,16,28H2,1-3H3/t17?,22-/m0/s1. The Labute approximate surface area is 194 Å². The zero-order valence-corrected chi connectivity index (χ0v) is 20.2. The van der Waals surface area contributed by atoms with Gasteiger partial charge >= 0.3 is 6.18 Å². The van der Waals surface area contributed by atoms with Gasteiger partial charge in [-0.25, -0.2) is 0 Å². The van der Waals surface area contributed by atoms with Crippen LogP contribution in [-0.4, -0.2) is 29.2 Å². The third-order valence-electron chi connectivity index (χ3n) is 5.66. The van der Waals surface area contributed by atoms with Crippen LogP contribution < -0.4 is 10.5 Å². The van der Waals surface area contributed by atoms with Crippen LogP contribution in [0.2, 0.25) is 0 Å². The van der Waals surface area contributed by atoms with Crippen molar-refractivity contribution in [2.24, 2.45) is 21.9 Å². The van der Waals surface area contributed by atoms with Gasteiger partial charge in [-0.1, -0.05) is 71.1 Å². The molecule has 0 aliphatic carbocycles. The molecule has 1 aromatic rings. The Kier molecular flexibility index (Phi) is 11.0. The van der Waals surface area contributed by atoms with Crippen molar-refractivity contribution in [2.45, 2.75) is 84.4 Å². The second kappa shape index (κ2) is 13.2. The van der Waals surface area contributed by atoms with Crippen molar-refractivity contribution < 1.29 is 17.9 Å². The van der Waals surface area contributed by atoms with Crippen LogP contribution in [0, 0.1) is 5.92 Å². The van der Waals surface area contributed by atoms with Crippen LogP contribution in [0.15, 0.2) is 28.4 Å². The van der Waals surface area contributed by atoms with Crippen LogP contribution in [-0.2, 0) is 6.18 Å². The molecule has 0 radical (unpaired) electrons. The fraction of sp³-hybridized carbons (Fsp3) is 0.667. The summed E-state index contributed by atoms with van der Waals surface area (Å²) in [6.07, 6.45) is 3.85. The predicted molar refractivity (Wildman–Crippen MR) is 129 cm³/mol. The van der Waals surface area contributed by atoms with E-state index in [1.807, 2.05) is 0 Å². The molecule has 0 saturated carbocycles. The Morgan fingerprint density at radius 3 is 2.41 bits per heavy atom. The Morgan fingerprint density at radius 1 is 1.06 bits per heavy atom. The van der Waals surface area contributed by atoms with Gasteiger partial charge in [-0.3, -0.25) is 0 Å². The number of nitrogens with zero attached hydrogens (tertiary/aromatic N) is 2. The topological polar surface area (TPSA) is 60.0 Å². The maximum atomic E-state index is 13.7. The number of halogens is 3. The van der Waals surface area contributed by atoms with Crippen LogP contribution in [0.4, 0.5) is 13.2 Å². The van der Waals surface area contributed by atoms with Crippen LogP contribution in [0.25, 0.3) is 0 Å². The first-order chi connectivity index (χ1) is 15.3. The maximum Gasteiger partial charge on any atom is 0.419 e. The lowest BCUT2D eigenvalue weighted by atomic mass is 9.94. The molecule has 180 valence electrons. The number of unbranched alkanes of at least 4 members (excludes halogenated alkanes) is 5. The van der Waals surface area contributed by atoms with E-state index in [9.17, 15) is 13.2 Å². The van der Waals surface area contributed by atoms with E-state index in [1.165, 1.54) is 30.7 Å². The zero-order chi connectivity index (χ0) is 23.6. The summed E-state index contributed by atoms with van der Waals surface area (Å²) in [5.41, 5.74) is 6.69. The summed E-state index contributed by atoms with van der Waals surface area (Å²) in [6, 6.07) is 3.95. The summed E-state index contributed by atoms with van der Waals surface area (Å²) in [4.78, 5) is 0. The van der Waals surface area contributed by atoms with Gasteiger partial charge in [0.15, 0.2) is 0 Å². The highest BCUT2D eigenvalue weighted by atomic mass is 32.2. The molecule has 2 atom stereocenters. The molecule has 0 spiro atoms. The number of benzene rings is 1. The van der Waals surface area contributed by atoms with Gasteiger partial charge in [0.1, 0.15) is 10.8 Å². The van der Waals surface area contributed by atoms with Crippen molar-refractivity contribution in [2.75, 3.05) is 12.4 Å². The fourth-order valence-corrected chi connectivity index (χ4v) is 4.58. The lowest BCUT2D eigenvalue weighted by Gasteiger charge is -2.23. The van der Waals surface area contributed by atoms with E-state index in [-0.39, 0.29) is 24.3 Å². The molecule has 0 bridgehead atoms. The van der Waals surface area contributed by atoms with E-state index in [0.29, 0.717) is 16.4 Å². The quantitative estimate of drug-likeness (QED) is 0.313. The van der Waals surface area contributed by atoms with E-state index in [2.05, 4.69) is 31.0 Å². The minimum Gasteiger partial charge on any atom is -0.493 e. The highest BCUT2D eigenvalue weighted by molar-refractivity contribution is 8.15. The Hall–Kier alpha value is -1.54. The van der Waals surface area contributed by atoms with Crippen LogP contribution >= 0.6 is 11.8 Å². The normalized spacial score (nSPS) is 16.3. The van der Waals surface area contributed by atoms with Gasteiger partial charge in [-0.05, 0) is 37.0 Å². The molecule has 0 saturated heterocycles. The number of hydrogen-bond donors (Lipinski definition) is 1. The van der Waals surface area contributed by atoms with Gasteiger partial charge in [0.05, 0.1) is 17.9 Å². The van der Waals surface area contributed by atoms with E-state index < -0.39 is 11.7 Å². The molecule has 32 heavy (non-hydrogen) atoms. The average Bonchev–Trinajstić information content (AvgIpc) is 2.77. The third kappa shape index (κ3) is 8.10. The smallest absolute Gasteiger partial charge is 0.419 e. The van der Waals surface area contributed by atoms with Gasteiger partial charge in [-0.15, -0.1) is 5.10 Å². The van der Waals surface area contributed by atoms with E-state index in [4.69, 9.17) is 10.5 Å². The van der Waals surface area contributed by atoms with Crippen molar-refractivity contribution >= 4 is 22.5 Å². The second-order valence-electron chi connectivity index (χ2n) is 8.40. The summed E-state index contributed by atoms with van der Waals surface area (Å²) >= 11 is 1.38. The first-order valence-electron chi connectivity index (χ1n) is 11.6. The van der Waals surface area contributed by atoms with Crippen molar-refractivity contribution in [1.29, 1.82) is 0 Å². The number of rotatable bonds is 13. The van der Waals surface area contributed by atoms with Gasteiger partial charge in [-0.2, -0.15) is 18.3 Å². The molecule has 2 rings (SSSR count). The maximum absolute atomic E-state index is 13.7. The molecule has 2 N–H and O–H groups in total. The zero-order valence-electron chi connectivity index (χ0n) is 19.4. The Balaban J connectivity index is 2.07. The molecular weight excluding hydrogens is 435 g/mol. The molecule has 1 aromatic carbocycles. The minimum absolute atomic E-state index is 0.129. The lowest BCUT2D eigenvalue weighted by molar-refractivity contribution is -0.139. The molecule has 1 aliphatic heterocycles. The Morgan fingerprint density at radius 2 is 1.78 bits per heavy atom. The monoisotopic (exact) mass is 471 g/mol. The van der Waals surface area contributed by atoms with Crippen molar-refractivity contribution in [3.63, 3.8) is 0 Å². The van der Waals surface area contributed by atoms with Gasteiger partial charge < -0.3 is 10.5 Å². The fourth-order valence-electron chi connectivity index (χ4n) is 3.65. The molecule has 1 aliphatic rings. The van der Waals surface area contributed by atoms with Gasteiger partial charge in [0.2, 0.25) is 0 Å². The molecule has 0 amide bonds. The highest BCUT2D eigenvalue weighted by Crippen LogP contribution is 2.38. The minimum atomic E-state index is -4.50. The van der Waals surface area contributed by atoms with Crippen LogP contribution in [0.3, 0.4) is 0 Å². The molecule has 0 aromatic heterocycles. The second-order valence-corrected chi connectivity index (χ2v) is 9.37. The van der Waals surface area contributed by atoms with Gasteiger partial charge in [0.25, 0.3) is 0 Å². The SMILES string of the molecule is CCCCCCCCOc1ccc(C2=NN=C([C@@H](N)C(C)CCC)CS2)cc1C(F)(F)F. The molecule has 4 nitrogen and oxygen atoms in total. The van der Waals surface area contributed by atoms with Crippen molar-refractivity contribution in [3.05, 3.63) is 29.3 Å². The third-order valence-corrected chi connectivity index (χ3v) is 6.69. The summed E-state index contributed by atoms with van der Waals surface area (Å²) in [6.45, 7) is 6.62. The van der Waals surface area contributed by atoms with Crippen LogP contribution in [0.5, 0.6) is 5.75 Å². The summed E-state index contributed by atoms with van der Waals surface area (Å²) in [5.74, 6) is 0.693.